The third-order valence-electron chi connectivity index (χ3n) is 6.61. The summed E-state index contributed by atoms with van der Waals surface area (Å²) in [6.07, 6.45) is 3.53. The Labute approximate surface area is 228 Å². The number of nitrogens with zero attached hydrogens (tertiary/aromatic N) is 1. The molecule has 2 aromatic rings. The van der Waals surface area contributed by atoms with Crippen LogP contribution in [0.5, 0.6) is 11.5 Å². The average Bonchev–Trinajstić information content (AvgIpc) is 2.87. The number of primary amides is 1. The minimum absolute atomic E-state index is 0.0647. The Hall–Kier alpha value is -3.92. The molecule has 0 spiro atoms. The molecule has 1 saturated carbocycles. The van der Waals surface area contributed by atoms with Gasteiger partial charge in [0.25, 0.3) is 0 Å². The van der Waals surface area contributed by atoms with E-state index in [1.807, 2.05) is 68.4 Å². The molecule has 6 N–H and O–H groups in total. The largest absolute Gasteiger partial charge is 0.481 e. The normalized spacial score (nSPS) is 18.5. The van der Waals surface area contributed by atoms with Crippen molar-refractivity contribution in [1.29, 1.82) is 0 Å². The van der Waals surface area contributed by atoms with Crippen molar-refractivity contribution in [2.24, 2.45) is 29.2 Å². The van der Waals surface area contributed by atoms with Crippen LogP contribution >= 0.6 is 0 Å². The maximum absolute atomic E-state index is 13.0. The van der Waals surface area contributed by atoms with Gasteiger partial charge in [-0.25, -0.2) is 0 Å². The van der Waals surface area contributed by atoms with Gasteiger partial charge in [0.15, 0.2) is 0 Å². The molecule has 0 radical (unpaired) electrons. The van der Waals surface area contributed by atoms with Crippen molar-refractivity contribution in [2.75, 3.05) is 6.54 Å². The van der Waals surface area contributed by atoms with Crippen molar-refractivity contribution in [3.05, 3.63) is 60.2 Å². The summed E-state index contributed by atoms with van der Waals surface area (Å²) in [5, 5.41) is 18.5. The number of nitrogens with two attached hydrogens (primary N) is 2. The number of carbonyl (C=O) groups is 4. The molecule has 2 aromatic carbocycles. The van der Waals surface area contributed by atoms with E-state index >= 15 is 0 Å². The zero-order valence-corrected chi connectivity index (χ0v) is 22.5. The zero-order chi connectivity index (χ0) is 28.9. The summed E-state index contributed by atoms with van der Waals surface area (Å²) in [5.74, 6) is -4.66. The van der Waals surface area contributed by atoms with Crippen LogP contribution in [-0.4, -0.2) is 51.5 Å². The minimum atomic E-state index is -1.23. The summed E-state index contributed by atoms with van der Waals surface area (Å²) >= 11 is 0. The van der Waals surface area contributed by atoms with Gasteiger partial charge in [-0.3, -0.25) is 19.2 Å². The van der Waals surface area contributed by atoms with E-state index in [9.17, 15) is 24.3 Å². The molecular formula is C29H39N3O7. The smallest absolute Gasteiger partial charge is 0.308 e. The maximum Gasteiger partial charge on any atom is 0.308 e. The number of para-hydroxylation sites is 1. The van der Waals surface area contributed by atoms with Crippen LogP contribution < -0.4 is 16.2 Å². The molecule has 212 valence electrons. The molecule has 39 heavy (non-hydrogen) atoms. The lowest BCUT2D eigenvalue weighted by Gasteiger charge is -2.40. The van der Waals surface area contributed by atoms with Crippen LogP contribution in [0, 0.1) is 17.8 Å². The number of carbonyl (C=O) groups excluding carboxylic acids is 2. The fourth-order valence-corrected chi connectivity index (χ4v) is 4.35. The average molecular weight is 542 g/mol. The van der Waals surface area contributed by atoms with Crippen LogP contribution in [0.15, 0.2) is 54.6 Å². The molecule has 1 fully saturated rings. The van der Waals surface area contributed by atoms with E-state index in [2.05, 4.69) is 0 Å². The molecule has 0 aliphatic heterocycles. The van der Waals surface area contributed by atoms with Crippen LogP contribution in [0.1, 0.15) is 51.5 Å². The van der Waals surface area contributed by atoms with E-state index in [-0.39, 0.29) is 12.3 Å². The van der Waals surface area contributed by atoms with Gasteiger partial charge >= 0.3 is 11.9 Å². The third-order valence-corrected chi connectivity index (χ3v) is 6.61. The van der Waals surface area contributed by atoms with Gasteiger partial charge in [0, 0.05) is 13.1 Å². The zero-order valence-electron chi connectivity index (χ0n) is 22.5. The number of rotatable bonds is 13. The van der Waals surface area contributed by atoms with Crippen molar-refractivity contribution in [1.82, 2.24) is 4.90 Å². The van der Waals surface area contributed by atoms with Gasteiger partial charge < -0.3 is 31.3 Å². The van der Waals surface area contributed by atoms with Crippen LogP contribution in [0.2, 0.25) is 0 Å². The highest BCUT2D eigenvalue weighted by Crippen LogP contribution is 2.42. The molecule has 3 unspecified atom stereocenters. The highest BCUT2D eigenvalue weighted by Gasteiger charge is 2.54. The number of hydrogen-bond donors (Lipinski definition) is 4. The quantitative estimate of drug-likeness (QED) is 0.297. The second-order valence-electron chi connectivity index (χ2n) is 9.62. The van der Waals surface area contributed by atoms with E-state index < -0.39 is 41.6 Å². The lowest BCUT2D eigenvalue weighted by molar-refractivity contribution is -0.172. The first-order valence-corrected chi connectivity index (χ1v) is 13.2. The number of unbranched alkanes of at least 4 members (excludes halogenated alkanes) is 1. The number of aliphatic carboxylic acids is 2. The van der Waals surface area contributed by atoms with Gasteiger partial charge in [-0.2, -0.15) is 0 Å². The molecule has 0 aromatic heterocycles. The highest BCUT2D eigenvalue weighted by molar-refractivity contribution is 5.91. The predicted molar refractivity (Wildman–Crippen MR) is 146 cm³/mol. The van der Waals surface area contributed by atoms with Crippen molar-refractivity contribution < 1.29 is 34.1 Å². The van der Waals surface area contributed by atoms with E-state index in [1.165, 1.54) is 0 Å². The molecule has 10 nitrogen and oxygen atoms in total. The second kappa shape index (κ2) is 15.5. The molecule has 3 rings (SSSR count). The Morgan fingerprint density at radius 3 is 2.05 bits per heavy atom. The van der Waals surface area contributed by atoms with Gasteiger partial charge in [0.05, 0.1) is 23.8 Å². The van der Waals surface area contributed by atoms with Gasteiger partial charge in [-0.15, -0.1) is 0 Å². The van der Waals surface area contributed by atoms with Gasteiger partial charge in [-0.05, 0) is 49.1 Å². The summed E-state index contributed by atoms with van der Waals surface area (Å²) in [7, 11) is 0. The highest BCUT2D eigenvalue weighted by atomic mass is 16.5. The Kier molecular flexibility index (Phi) is 12.4. The summed E-state index contributed by atoms with van der Waals surface area (Å²) < 4.78 is 5.77. The maximum atomic E-state index is 13.0. The van der Waals surface area contributed by atoms with Crippen molar-refractivity contribution in [3.63, 3.8) is 0 Å². The topological polar surface area (TPSA) is 173 Å². The molecule has 0 heterocycles. The van der Waals surface area contributed by atoms with Crippen LogP contribution in [0.3, 0.4) is 0 Å². The summed E-state index contributed by atoms with van der Waals surface area (Å²) in [5.41, 5.74) is 11.1. The first-order valence-electron chi connectivity index (χ1n) is 13.2. The number of amides is 2. The molecule has 0 bridgehead atoms. The van der Waals surface area contributed by atoms with Crippen LogP contribution in [-0.2, 0) is 25.7 Å². The predicted octanol–water partition coefficient (Wildman–Crippen LogP) is 3.63. The van der Waals surface area contributed by atoms with Crippen LogP contribution in [0.4, 0.5) is 0 Å². The number of carboxylic acids is 2. The standard InChI is InChI=1S/C23H25NO6.C6H14N2O/c1-2-12-24(21(25)18-13-19(22(26)27)20(18)23(28)29)14-15-8-10-17(11-9-15)30-16-6-4-3-5-7-16;1-2-3-4-5(7)6(8)9/h3-11,18-20H,2,12-14H2,1H3,(H,26,27)(H,28,29);5H,2-4,7H2,1H3,(H2,8,9)/t;5-/m.0/s1. The number of benzene rings is 2. The molecule has 1 aliphatic carbocycles. The summed E-state index contributed by atoms with van der Waals surface area (Å²) in [6, 6.07) is 16.3. The minimum Gasteiger partial charge on any atom is -0.481 e. The number of hydrogen-bond acceptors (Lipinski definition) is 6. The Morgan fingerprint density at radius 1 is 0.923 bits per heavy atom. The van der Waals surface area contributed by atoms with Crippen molar-refractivity contribution in [2.45, 2.75) is 58.5 Å². The Morgan fingerprint density at radius 2 is 1.54 bits per heavy atom. The SMILES string of the molecule is CCCC[C@H](N)C(N)=O.CCCN(Cc1ccc(Oc2ccccc2)cc1)C(=O)C1CC(C(=O)O)C1C(=O)O. The summed E-state index contributed by atoms with van der Waals surface area (Å²) in [6.45, 7) is 4.79. The van der Waals surface area contributed by atoms with Gasteiger partial charge in [0.1, 0.15) is 11.5 Å². The molecule has 1 aliphatic rings. The molecule has 0 saturated heterocycles. The van der Waals surface area contributed by atoms with E-state index in [1.54, 1.807) is 4.90 Å². The third kappa shape index (κ3) is 9.40. The van der Waals surface area contributed by atoms with E-state index in [0.29, 0.717) is 31.7 Å². The summed E-state index contributed by atoms with van der Waals surface area (Å²) in [4.78, 5) is 47.6. The Balaban J connectivity index is 0.000000510. The fraction of sp³-hybridized carbons (Fsp3) is 0.448. The molecule has 2 amide bonds. The van der Waals surface area contributed by atoms with Gasteiger partial charge in [-0.1, -0.05) is 57.0 Å². The van der Waals surface area contributed by atoms with E-state index in [4.69, 9.17) is 21.3 Å². The molecule has 4 atom stereocenters. The molecule has 10 heteroatoms. The lowest BCUT2D eigenvalue weighted by atomic mass is 9.64. The first kappa shape index (κ1) is 31.3. The first-order chi connectivity index (χ1) is 18.6. The van der Waals surface area contributed by atoms with Crippen molar-refractivity contribution in [3.8, 4) is 11.5 Å². The van der Waals surface area contributed by atoms with Gasteiger partial charge in [0.2, 0.25) is 11.8 Å². The second-order valence-corrected chi connectivity index (χ2v) is 9.62. The number of carboxylic acid groups (broad SMARTS) is 2. The fourth-order valence-electron chi connectivity index (χ4n) is 4.35. The number of ether oxygens (including phenoxy) is 1. The van der Waals surface area contributed by atoms with E-state index in [0.717, 1.165) is 24.2 Å². The lowest BCUT2D eigenvalue weighted by Crippen LogP contribution is -2.53. The Bertz CT molecular complexity index is 1090. The molecular weight excluding hydrogens is 502 g/mol. The van der Waals surface area contributed by atoms with Crippen LogP contribution in [0.25, 0.3) is 0 Å². The van der Waals surface area contributed by atoms with Crippen molar-refractivity contribution >= 4 is 23.8 Å². The monoisotopic (exact) mass is 541 g/mol.